The molecular weight excluding hydrogens is 298 g/mol. The van der Waals surface area contributed by atoms with Crippen molar-refractivity contribution in [1.29, 1.82) is 0 Å². The predicted octanol–water partition coefficient (Wildman–Crippen LogP) is 2.03. The molecule has 1 aliphatic rings. The normalized spacial score (nSPS) is 16.6. The Bertz CT molecular complexity index is 697. The number of hydrogen-bond donors (Lipinski definition) is 1. The number of nitrogens with one attached hydrogen (secondary N) is 1. The summed E-state index contributed by atoms with van der Waals surface area (Å²) >= 11 is 0. The highest BCUT2D eigenvalue weighted by Crippen LogP contribution is 2.19. The molecular formula is C16H19N3O2S. The second-order valence-corrected chi connectivity index (χ2v) is 7.10. The number of sulfonamides is 1. The first-order valence-corrected chi connectivity index (χ1v) is 8.87. The molecule has 22 heavy (non-hydrogen) atoms. The molecule has 116 valence electrons. The Labute approximate surface area is 131 Å². The Hall–Kier alpha value is -1.92. The van der Waals surface area contributed by atoms with Gasteiger partial charge in [-0.2, -0.15) is 0 Å². The lowest BCUT2D eigenvalue weighted by Crippen LogP contribution is -2.44. The van der Waals surface area contributed by atoms with Gasteiger partial charge in [-0.25, -0.2) is 18.1 Å². The van der Waals surface area contributed by atoms with Crippen LogP contribution >= 0.6 is 0 Å². The summed E-state index contributed by atoms with van der Waals surface area (Å²) in [6, 6.07) is 14.3. The van der Waals surface area contributed by atoms with E-state index in [0.717, 1.165) is 31.7 Å². The van der Waals surface area contributed by atoms with Crippen LogP contribution in [0.5, 0.6) is 0 Å². The molecule has 5 nitrogen and oxygen atoms in total. The number of rotatable bonds is 4. The first-order valence-electron chi connectivity index (χ1n) is 7.38. The van der Waals surface area contributed by atoms with Crippen LogP contribution in [0.2, 0.25) is 0 Å². The topological polar surface area (TPSA) is 62.3 Å². The van der Waals surface area contributed by atoms with Crippen molar-refractivity contribution in [2.75, 3.05) is 18.0 Å². The lowest BCUT2D eigenvalue weighted by atomic mass is 10.1. The summed E-state index contributed by atoms with van der Waals surface area (Å²) in [5.74, 6) is 0.951. The highest BCUT2D eigenvalue weighted by molar-refractivity contribution is 7.89. The van der Waals surface area contributed by atoms with Crippen LogP contribution in [-0.2, 0) is 10.0 Å². The molecule has 0 amide bonds. The van der Waals surface area contributed by atoms with E-state index in [2.05, 4.69) is 14.6 Å². The van der Waals surface area contributed by atoms with Gasteiger partial charge < -0.3 is 4.90 Å². The summed E-state index contributed by atoms with van der Waals surface area (Å²) < 4.78 is 27.4. The molecule has 0 spiro atoms. The van der Waals surface area contributed by atoms with E-state index in [-0.39, 0.29) is 6.04 Å². The zero-order chi connectivity index (χ0) is 15.4. The second kappa shape index (κ2) is 6.46. The maximum absolute atomic E-state index is 12.3. The van der Waals surface area contributed by atoms with Crippen molar-refractivity contribution >= 4 is 15.8 Å². The molecule has 0 aliphatic carbocycles. The van der Waals surface area contributed by atoms with E-state index in [1.54, 1.807) is 30.5 Å². The van der Waals surface area contributed by atoms with Crippen molar-refractivity contribution in [3.63, 3.8) is 0 Å². The number of hydrogen-bond acceptors (Lipinski definition) is 4. The SMILES string of the molecule is O=S(=O)(NC1CCN(c2ccccn2)CC1)c1ccccc1. The number of nitrogens with zero attached hydrogens (tertiary/aromatic N) is 2. The highest BCUT2D eigenvalue weighted by Gasteiger charge is 2.24. The number of aromatic nitrogens is 1. The molecule has 0 radical (unpaired) electrons. The molecule has 1 saturated heterocycles. The fourth-order valence-electron chi connectivity index (χ4n) is 2.65. The van der Waals surface area contributed by atoms with Crippen molar-refractivity contribution in [3.05, 3.63) is 54.7 Å². The molecule has 2 heterocycles. The van der Waals surface area contributed by atoms with E-state index in [4.69, 9.17) is 0 Å². The number of anilines is 1. The molecule has 0 saturated carbocycles. The average Bonchev–Trinajstić information content (AvgIpc) is 2.57. The molecule has 1 aromatic carbocycles. The third-order valence-corrected chi connectivity index (χ3v) is 5.38. The summed E-state index contributed by atoms with van der Waals surface area (Å²) in [4.78, 5) is 6.85. The van der Waals surface area contributed by atoms with Gasteiger partial charge >= 0.3 is 0 Å². The first-order chi connectivity index (χ1) is 10.6. The Morgan fingerprint density at radius 2 is 1.68 bits per heavy atom. The summed E-state index contributed by atoms with van der Waals surface area (Å²) in [5.41, 5.74) is 0. The Morgan fingerprint density at radius 1 is 1.00 bits per heavy atom. The average molecular weight is 317 g/mol. The van der Waals surface area contributed by atoms with Gasteiger partial charge in [0.2, 0.25) is 10.0 Å². The molecule has 1 fully saturated rings. The van der Waals surface area contributed by atoms with Gasteiger partial charge in [0.15, 0.2) is 0 Å². The van der Waals surface area contributed by atoms with Crippen LogP contribution in [0.4, 0.5) is 5.82 Å². The zero-order valence-electron chi connectivity index (χ0n) is 12.2. The van der Waals surface area contributed by atoms with E-state index in [0.29, 0.717) is 4.90 Å². The van der Waals surface area contributed by atoms with Crippen LogP contribution in [0.25, 0.3) is 0 Å². The van der Waals surface area contributed by atoms with Crippen molar-refractivity contribution in [3.8, 4) is 0 Å². The number of benzene rings is 1. The van der Waals surface area contributed by atoms with Crippen LogP contribution in [0.1, 0.15) is 12.8 Å². The van der Waals surface area contributed by atoms with Crippen LogP contribution in [0.3, 0.4) is 0 Å². The quantitative estimate of drug-likeness (QED) is 0.937. The van der Waals surface area contributed by atoms with Crippen molar-refractivity contribution in [2.24, 2.45) is 0 Å². The van der Waals surface area contributed by atoms with E-state index >= 15 is 0 Å². The molecule has 1 aromatic heterocycles. The molecule has 0 atom stereocenters. The highest BCUT2D eigenvalue weighted by atomic mass is 32.2. The van der Waals surface area contributed by atoms with E-state index < -0.39 is 10.0 Å². The molecule has 0 bridgehead atoms. The van der Waals surface area contributed by atoms with Crippen LogP contribution < -0.4 is 9.62 Å². The molecule has 2 aromatic rings. The Morgan fingerprint density at radius 3 is 2.32 bits per heavy atom. The largest absolute Gasteiger partial charge is 0.357 e. The lowest BCUT2D eigenvalue weighted by Gasteiger charge is -2.32. The lowest BCUT2D eigenvalue weighted by molar-refractivity contribution is 0.458. The van der Waals surface area contributed by atoms with Gasteiger partial charge in [-0.3, -0.25) is 0 Å². The third-order valence-electron chi connectivity index (χ3n) is 3.84. The predicted molar refractivity (Wildman–Crippen MR) is 86.2 cm³/mol. The van der Waals surface area contributed by atoms with Gasteiger partial charge in [-0.05, 0) is 37.1 Å². The van der Waals surface area contributed by atoms with E-state index in [1.165, 1.54) is 0 Å². The monoisotopic (exact) mass is 317 g/mol. The van der Waals surface area contributed by atoms with E-state index in [9.17, 15) is 8.42 Å². The minimum Gasteiger partial charge on any atom is -0.357 e. The zero-order valence-corrected chi connectivity index (χ0v) is 13.0. The first kappa shape index (κ1) is 15.0. The van der Waals surface area contributed by atoms with Crippen molar-refractivity contribution in [1.82, 2.24) is 9.71 Å². The molecule has 3 rings (SSSR count). The van der Waals surface area contributed by atoms with Gasteiger partial charge in [0.05, 0.1) is 4.90 Å². The molecule has 0 unspecified atom stereocenters. The Kier molecular flexibility index (Phi) is 4.40. The van der Waals surface area contributed by atoms with Crippen LogP contribution in [0, 0.1) is 0 Å². The minimum atomic E-state index is -3.43. The number of piperidine rings is 1. The van der Waals surface area contributed by atoms with Gasteiger partial charge in [0, 0.05) is 25.3 Å². The number of pyridine rings is 1. The maximum atomic E-state index is 12.3. The van der Waals surface area contributed by atoms with Crippen molar-refractivity contribution < 1.29 is 8.42 Å². The molecule has 6 heteroatoms. The molecule has 1 aliphatic heterocycles. The van der Waals surface area contributed by atoms with Gasteiger partial charge in [0.1, 0.15) is 5.82 Å². The standard InChI is InChI=1S/C16H19N3O2S/c20-22(21,15-6-2-1-3-7-15)18-14-9-12-19(13-10-14)16-8-4-5-11-17-16/h1-8,11,14,18H,9-10,12-13H2. The fraction of sp³-hybridized carbons (Fsp3) is 0.312. The van der Waals surface area contributed by atoms with Gasteiger partial charge in [-0.15, -0.1) is 0 Å². The van der Waals surface area contributed by atoms with Gasteiger partial charge in [-0.1, -0.05) is 24.3 Å². The smallest absolute Gasteiger partial charge is 0.240 e. The maximum Gasteiger partial charge on any atom is 0.240 e. The van der Waals surface area contributed by atoms with Crippen molar-refractivity contribution in [2.45, 2.75) is 23.8 Å². The fourth-order valence-corrected chi connectivity index (χ4v) is 3.98. The second-order valence-electron chi connectivity index (χ2n) is 5.38. The van der Waals surface area contributed by atoms with E-state index in [1.807, 2.05) is 24.3 Å². The van der Waals surface area contributed by atoms with Crippen LogP contribution in [-0.4, -0.2) is 32.5 Å². The summed E-state index contributed by atoms with van der Waals surface area (Å²) in [6.45, 7) is 1.61. The summed E-state index contributed by atoms with van der Waals surface area (Å²) in [6.07, 6.45) is 3.34. The third kappa shape index (κ3) is 3.45. The minimum absolute atomic E-state index is 0.0230. The van der Waals surface area contributed by atoms with Crippen LogP contribution in [0.15, 0.2) is 59.6 Å². The molecule has 1 N–H and O–H groups in total. The summed E-state index contributed by atoms with van der Waals surface area (Å²) in [5, 5.41) is 0. The summed E-state index contributed by atoms with van der Waals surface area (Å²) in [7, 11) is -3.43. The van der Waals surface area contributed by atoms with Gasteiger partial charge in [0.25, 0.3) is 0 Å². The Balaban J connectivity index is 1.61.